The fourth-order valence-corrected chi connectivity index (χ4v) is 2.19. The summed E-state index contributed by atoms with van der Waals surface area (Å²) in [6.45, 7) is 6.84. The van der Waals surface area contributed by atoms with Crippen LogP contribution in [0, 0.1) is 0 Å². The third-order valence-electron chi connectivity index (χ3n) is 3.21. The molecule has 0 bridgehead atoms. The quantitative estimate of drug-likeness (QED) is 0.724. The van der Waals surface area contributed by atoms with Gasteiger partial charge in [-0.1, -0.05) is 20.3 Å². The van der Waals surface area contributed by atoms with Crippen molar-refractivity contribution in [2.45, 2.75) is 58.0 Å². The van der Waals surface area contributed by atoms with E-state index in [0.717, 1.165) is 19.0 Å². The first-order chi connectivity index (χ1) is 6.27. The average molecular weight is 184 g/mol. The van der Waals surface area contributed by atoms with Crippen LogP contribution in [0.3, 0.4) is 0 Å². The van der Waals surface area contributed by atoms with Crippen molar-refractivity contribution in [2.75, 3.05) is 13.1 Å². The van der Waals surface area contributed by atoms with Crippen molar-refractivity contribution in [3.05, 3.63) is 0 Å². The molecule has 2 heteroatoms. The molecule has 0 aromatic rings. The lowest BCUT2D eigenvalue weighted by molar-refractivity contribution is 0.135. The monoisotopic (exact) mass is 184 g/mol. The van der Waals surface area contributed by atoms with Gasteiger partial charge < -0.3 is 5.73 Å². The van der Waals surface area contributed by atoms with Gasteiger partial charge in [0.15, 0.2) is 0 Å². The van der Waals surface area contributed by atoms with Gasteiger partial charge in [0.25, 0.3) is 0 Å². The zero-order chi connectivity index (χ0) is 9.68. The first-order valence-corrected chi connectivity index (χ1v) is 5.77. The van der Waals surface area contributed by atoms with Crippen molar-refractivity contribution in [1.82, 2.24) is 4.90 Å². The molecule has 0 saturated carbocycles. The number of rotatable bonds is 4. The van der Waals surface area contributed by atoms with Gasteiger partial charge in [0.2, 0.25) is 0 Å². The number of hydrogen-bond donors (Lipinski definition) is 1. The number of hydrogen-bond acceptors (Lipinski definition) is 2. The third-order valence-corrected chi connectivity index (χ3v) is 3.21. The Kier molecular flexibility index (Phi) is 4.74. The SMILES string of the molecule is CC[C@@H](N)CN1CCCC[C@@H]1CC. The van der Waals surface area contributed by atoms with Crippen LogP contribution in [0.4, 0.5) is 0 Å². The standard InChI is InChI=1S/C11H24N2/c1-3-10(12)9-13-8-6-5-7-11(13)4-2/h10-11H,3-9,12H2,1-2H3/t10-,11+/m1/s1. The molecule has 13 heavy (non-hydrogen) atoms. The van der Waals surface area contributed by atoms with Crippen LogP contribution in [-0.4, -0.2) is 30.1 Å². The van der Waals surface area contributed by atoms with Gasteiger partial charge in [-0.05, 0) is 32.2 Å². The normalized spacial score (nSPS) is 27.5. The Labute approximate surface area is 82.5 Å². The van der Waals surface area contributed by atoms with E-state index in [4.69, 9.17) is 5.73 Å². The highest BCUT2D eigenvalue weighted by molar-refractivity contribution is 4.78. The number of likely N-dealkylation sites (tertiary alicyclic amines) is 1. The van der Waals surface area contributed by atoms with E-state index in [1.165, 1.54) is 32.2 Å². The lowest BCUT2D eigenvalue weighted by atomic mass is 9.99. The summed E-state index contributed by atoms with van der Waals surface area (Å²) in [5.41, 5.74) is 5.98. The fraction of sp³-hybridized carbons (Fsp3) is 1.00. The smallest absolute Gasteiger partial charge is 0.0165 e. The first-order valence-electron chi connectivity index (χ1n) is 5.77. The largest absolute Gasteiger partial charge is 0.327 e. The number of nitrogens with zero attached hydrogens (tertiary/aromatic N) is 1. The van der Waals surface area contributed by atoms with Crippen LogP contribution < -0.4 is 5.73 Å². The van der Waals surface area contributed by atoms with E-state index in [-0.39, 0.29) is 0 Å². The van der Waals surface area contributed by atoms with Crippen molar-refractivity contribution >= 4 is 0 Å². The average Bonchev–Trinajstić information content (AvgIpc) is 2.18. The molecule has 2 atom stereocenters. The second-order valence-corrected chi connectivity index (χ2v) is 4.22. The lowest BCUT2D eigenvalue weighted by Crippen LogP contribution is -2.45. The molecule has 0 spiro atoms. The third kappa shape index (κ3) is 3.28. The molecule has 2 N–H and O–H groups in total. The van der Waals surface area contributed by atoms with E-state index in [2.05, 4.69) is 18.7 Å². The van der Waals surface area contributed by atoms with Crippen LogP contribution in [-0.2, 0) is 0 Å². The van der Waals surface area contributed by atoms with E-state index in [1.54, 1.807) is 0 Å². The van der Waals surface area contributed by atoms with Gasteiger partial charge in [-0.15, -0.1) is 0 Å². The Balaban J connectivity index is 2.35. The maximum Gasteiger partial charge on any atom is 0.0165 e. The van der Waals surface area contributed by atoms with Crippen molar-refractivity contribution in [1.29, 1.82) is 0 Å². The molecule has 1 saturated heterocycles. The van der Waals surface area contributed by atoms with Crippen molar-refractivity contribution in [3.63, 3.8) is 0 Å². The molecule has 0 aromatic carbocycles. The number of nitrogens with two attached hydrogens (primary N) is 1. The van der Waals surface area contributed by atoms with Crippen LogP contribution >= 0.6 is 0 Å². The Bertz CT molecular complexity index is 136. The molecule has 0 aliphatic carbocycles. The molecule has 0 aromatic heterocycles. The summed E-state index contributed by atoms with van der Waals surface area (Å²) in [4.78, 5) is 2.59. The predicted octanol–water partition coefficient (Wildman–Crippen LogP) is 1.99. The topological polar surface area (TPSA) is 29.3 Å². The number of piperidine rings is 1. The van der Waals surface area contributed by atoms with E-state index in [9.17, 15) is 0 Å². The van der Waals surface area contributed by atoms with Gasteiger partial charge in [0.05, 0.1) is 0 Å². The highest BCUT2D eigenvalue weighted by Crippen LogP contribution is 2.19. The fourth-order valence-electron chi connectivity index (χ4n) is 2.19. The Morgan fingerprint density at radius 3 is 2.77 bits per heavy atom. The molecular formula is C11H24N2. The zero-order valence-electron chi connectivity index (χ0n) is 9.13. The van der Waals surface area contributed by atoms with Crippen LogP contribution in [0.2, 0.25) is 0 Å². The van der Waals surface area contributed by atoms with Gasteiger partial charge in [-0.25, -0.2) is 0 Å². The molecule has 2 nitrogen and oxygen atoms in total. The minimum Gasteiger partial charge on any atom is -0.327 e. The summed E-state index contributed by atoms with van der Waals surface area (Å²) in [5.74, 6) is 0. The highest BCUT2D eigenvalue weighted by Gasteiger charge is 2.21. The minimum absolute atomic E-state index is 0.382. The second-order valence-electron chi connectivity index (χ2n) is 4.22. The molecule has 1 heterocycles. The first kappa shape index (κ1) is 11.0. The summed E-state index contributed by atoms with van der Waals surface area (Å²) in [6.07, 6.45) is 6.56. The van der Waals surface area contributed by atoms with Gasteiger partial charge in [0, 0.05) is 18.6 Å². The van der Waals surface area contributed by atoms with Crippen LogP contribution in [0.15, 0.2) is 0 Å². The van der Waals surface area contributed by atoms with Crippen molar-refractivity contribution < 1.29 is 0 Å². The van der Waals surface area contributed by atoms with Crippen LogP contribution in [0.25, 0.3) is 0 Å². The predicted molar refractivity (Wildman–Crippen MR) is 57.8 cm³/mol. The van der Waals surface area contributed by atoms with Crippen molar-refractivity contribution in [2.24, 2.45) is 5.73 Å². The van der Waals surface area contributed by atoms with Gasteiger partial charge in [0.1, 0.15) is 0 Å². The van der Waals surface area contributed by atoms with Gasteiger partial charge >= 0.3 is 0 Å². The van der Waals surface area contributed by atoms with Crippen LogP contribution in [0.5, 0.6) is 0 Å². The Morgan fingerprint density at radius 1 is 1.38 bits per heavy atom. The van der Waals surface area contributed by atoms with E-state index in [1.807, 2.05) is 0 Å². The molecule has 78 valence electrons. The van der Waals surface area contributed by atoms with Crippen LogP contribution in [0.1, 0.15) is 46.0 Å². The van der Waals surface area contributed by atoms with Crippen molar-refractivity contribution in [3.8, 4) is 0 Å². The molecule has 0 amide bonds. The summed E-state index contributed by atoms with van der Waals surface area (Å²) in [5, 5.41) is 0. The molecule has 0 radical (unpaired) electrons. The molecule has 1 aliphatic heterocycles. The highest BCUT2D eigenvalue weighted by atomic mass is 15.2. The Morgan fingerprint density at radius 2 is 2.15 bits per heavy atom. The zero-order valence-corrected chi connectivity index (χ0v) is 9.13. The summed E-state index contributed by atoms with van der Waals surface area (Å²) < 4.78 is 0. The van der Waals surface area contributed by atoms with Gasteiger partial charge in [-0.3, -0.25) is 4.90 Å². The lowest BCUT2D eigenvalue weighted by Gasteiger charge is -2.36. The van der Waals surface area contributed by atoms with E-state index >= 15 is 0 Å². The van der Waals surface area contributed by atoms with Gasteiger partial charge in [-0.2, -0.15) is 0 Å². The maximum absolute atomic E-state index is 5.98. The summed E-state index contributed by atoms with van der Waals surface area (Å²) in [7, 11) is 0. The van der Waals surface area contributed by atoms with E-state index in [0.29, 0.717) is 6.04 Å². The maximum atomic E-state index is 5.98. The molecular weight excluding hydrogens is 160 g/mol. The molecule has 1 aliphatic rings. The second kappa shape index (κ2) is 5.61. The van der Waals surface area contributed by atoms with E-state index < -0.39 is 0 Å². The molecule has 1 fully saturated rings. The molecule has 0 unspecified atom stereocenters. The Hall–Kier alpha value is -0.0800. The minimum atomic E-state index is 0.382. The summed E-state index contributed by atoms with van der Waals surface area (Å²) >= 11 is 0. The summed E-state index contributed by atoms with van der Waals surface area (Å²) in [6, 6.07) is 1.19. The molecule has 1 rings (SSSR count).